The van der Waals surface area contributed by atoms with Gasteiger partial charge in [0.1, 0.15) is 0 Å². The number of thioether (sulfide) groups is 1. The van der Waals surface area contributed by atoms with Gasteiger partial charge in [-0.2, -0.15) is 0 Å². The van der Waals surface area contributed by atoms with Crippen LogP contribution in [0.25, 0.3) is 6.08 Å². The number of ether oxygens (including phenoxy) is 1. The molecule has 0 atom stereocenters. The Labute approximate surface area is 122 Å². The van der Waals surface area contributed by atoms with Gasteiger partial charge >= 0.3 is 5.97 Å². The number of carboxylic acids is 1. The fourth-order valence-corrected chi connectivity index (χ4v) is 2.04. The van der Waals surface area contributed by atoms with Gasteiger partial charge in [-0.1, -0.05) is 12.1 Å². The van der Waals surface area contributed by atoms with Gasteiger partial charge in [0.05, 0.1) is 12.4 Å². The van der Waals surface area contributed by atoms with Crippen LogP contribution >= 0.6 is 11.8 Å². The lowest BCUT2D eigenvalue weighted by Gasteiger charge is -2.05. The van der Waals surface area contributed by atoms with Gasteiger partial charge in [-0.25, -0.2) is 4.79 Å². The van der Waals surface area contributed by atoms with Crippen LogP contribution in [0.15, 0.2) is 30.3 Å². The van der Waals surface area contributed by atoms with Crippen molar-refractivity contribution in [3.05, 3.63) is 35.9 Å². The third kappa shape index (κ3) is 6.96. The number of carbonyl (C=O) groups is 2. The lowest BCUT2D eigenvalue weighted by Crippen LogP contribution is -2.14. The largest absolute Gasteiger partial charge is 0.478 e. The van der Waals surface area contributed by atoms with Gasteiger partial charge in [-0.05, 0) is 23.8 Å². The fourth-order valence-electron chi connectivity index (χ4n) is 1.35. The number of rotatable bonds is 8. The zero-order chi connectivity index (χ0) is 14.8. The SMILES string of the molecule is COCCSCC(=O)Nc1ccc(/C=C/C(=O)O)cc1. The van der Waals surface area contributed by atoms with Crippen LogP contribution in [0.3, 0.4) is 0 Å². The molecule has 0 unspecified atom stereocenters. The molecule has 0 saturated heterocycles. The van der Waals surface area contributed by atoms with Crippen molar-refractivity contribution in [2.24, 2.45) is 0 Å². The summed E-state index contributed by atoms with van der Waals surface area (Å²) >= 11 is 1.51. The predicted molar refractivity (Wildman–Crippen MR) is 80.9 cm³/mol. The minimum absolute atomic E-state index is 0.0695. The molecular formula is C14H17NO4S. The number of hydrogen-bond donors (Lipinski definition) is 2. The zero-order valence-electron chi connectivity index (χ0n) is 11.2. The van der Waals surface area contributed by atoms with Crippen molar-refractivity contribution < 1.29 is 19.4 Å². The van der Waals surface area contributed by atoms with Gasteiger partial charge in [0.25, 0.3) is 0 Å². The average Bonchev–Trinajstić information content (AvgIpc) is 2.43. The van der Waals surface area contributed by atoms with Gasteiger partial charge in [0.15, 0.2) is 0 Å². The van der Waals surface area contributed by atoms with Crippen LogP contribution in [0.5, 0.6) is 0 Å². The predicted octanol–water partition coefficient (Wildman–Crippen LogP) is 2.10. The molecule has 108 valence electrons. The van der Waals surface area contributed by atoms with Crippen molar-refractivity contribution in [2.45, 2.75) is 0 Å². The summed E-state index contributed by atoms with van der Waals surface area (Å²) < 4.78 is 4.89. The third-order valence-corrected chi connectivity index (χ3v) is 3.20. The molecule has 0 heterocycles. The van der Waals surface area contributed by atoms with E-state index in [-0.39, 0.29) is 5.91 Å². The number of carbonyl (C=O) groups excluding carboxylic acids is 1. The summed E-state index contributed by atoms with van der Waals surface area (Å²) in [6, 6.07) is 6.96. The zero-order valence-corrected chi connectivity index (χ0v) is 12.0. The third-order valence-electron chi connectivity index (χ3n) is 2.28. The molecule has 1 amide bonds. The quantitative estimate of drug-likeness (QED) is 0.567. The van der Waals surface area contributed by atoms with E-state index in [1.807, 2.05) is 0 Å². The van der Waals surface area contributed by atoms with E-state index < -0.39 is 5.97 Å². The number of hydrogen-bond acceptors (Lipinski definition) is 4. The molecule has 5 nitrogen and oxygen atoms in total. The van der Waals surface area contributed by atoms with Crippen LogP contribution in [-0.4, -0.2) is 42.2 Å². The maximum Gasteiger partial charge on any atom is 0.328 e. The van der Waals surface area contributed by atoms with Crippen molar-refractivity contribution >= 4 is 35.4 Å². The number of benzene rings is 1. The van der Waals surface area contributed by atoms with E-state index in [2.05, 4.69) is 5.32 Å². The summed E-state index contributed by atoms with van der Waals surface area (Å²) in [5.74, 6) is 0.0998. The number of aliphatic carboxylic acids is 1. The molecule has 0 aromatic heterocycles. The normalized spacial score (nSPS) is 10.7. The highest BCUT2D eigenvalue weighted by molar-refractivity contribution is 7.99. The Morgan fingerprint density at radius 1 is 1.35 bits per heavy atom. The molecular weight excluding hydrogens is 278 g/mol. The first kappa shape index (κ1) is 16.3. The van der Waals surface area contributed by atoms with E-state index in [4.69, 9.17) is 9.84 Å². The molecule has 0 fully saturated rings. The number of nitrogens with one attached hydrogen (secondary N) is 1. The van der Waals surface area contributed by atoms with E-state index >= 15 is 0 Å². The molecule has 0 bridgehead atoms. The molecule has 0 saturated carbocycles. The molecule has 1 aromatic carbocycles. The molecule has 0 aliphatic rings. The summed E-state index contributed by atoms with van der Waals surface area (Å²) in [5.41, 5.74) is 1.45. The second-order valence-corrected chi connectivity index (χ2v) is 4.99. The van der Waals surface area contributed by atoms with Gasteiger partial charge < -0.3 is 15.2 Å². The highest BCUT2D eigenvalue weighted by atomic mass is 32.2. The van der Waals surface area contributed by atoms with Crippen molar-refractivity contribution in [2.75, 3.05) is 30.5 Å². The van der Waals surface area contributed by atoms with Crippen LogP contribution in [0.4, 0.5) is 5.69 Å². The maximum atomic E-state index is 11.6. The first-order valence-electron chi connectivity index (χ1n) is 5.99. The molecule has 1 rings (SSSR count). The van der Waals surface area contributed by atoms with Crippen LogP contribution in [-0.2, 0) is 14.3 Å². The van der Waals surface area contributed by atoms with Gasteiger partial charge in [-0.3, -0.25) is 4.79 Å². The number of methoxy groups -OCH3 is 1. The number of anilines is 1. The Kier molecular flexibility index (Phi) is 7.46. The molecule has 6 heteroatoms. The van der Waals surface area contributed by atoms with Gasteiger partial charge in [-0.15, -0.1) is 11.8 Å². The smallest absolute Gasteiger partial charge is 0.328 e. The van der Waals surface area contributed by atoms with Gasteiger partial charge in [0.2, 0.25) is 5.91 Å². The molecule has 0 radical (unpaired) electrons. The second kappa shape index (κ2) is 9.17. The lowest BCUT2D eigenvalue weighted by atomic mass is 10.2. The number of carboxylic acid groups (broad SMARTS) is 1. The van der Waals surface area contributed by atoms with E-state index in [1.165, 1.54) is 17.8 Å². The molecule has 1 aromatic rings. The van der Waals surface area contributed by atoms with Crippen LogP contribution in [0.2, 0.25) is 0 Å². The van der Waals surface area contributed by atoms with Crippen LogP contribution in [0, 0.1) is 0 Å². The van der Waals surface area contributed by atoms with Crippen molar-refractivity contribution in [1.82, 2.24) is 0 Å². The first-order valence-corrected chi connectivity index (χ1v) is 7.15. The summed E-state index contributed by atoms with van der Waals surface area (Å²) in [4.78, 5) is 22.0. The van der Waals surface area contributed by atoms with Crippen LogP contribution < -0.4 is 5.32 Å². The van der Waals surface area contributed by atoms with E-state index in [1.54, 1.807) is 31.4 Å². The Hall–Kier alpha value is -1.79. The maximum absolute atomic E-state index is 11.6. The van der Waals surface area contributed by atoms with E-state index in [0.717, 1.165) is 17.4 Å². The molecule has 0 aliphatic heterocycles. The first-order chi connectivity index (χ1) is 9.61. The summed E-state index contributed by atoms with van der Waals surface area (Å²) in [6.45, 7) is 0.628. The fraction of sp³-hybridized carbons (Fsp3) is 0.286. The minimum Gasteiger partial charge on any atom is -0.478 e. The molecule has 2 N–H and O–H groups in total. The monoisotopic (exact) mass is 295 g/mol. The Morgan fingerprint density at radius 3 is 2.65 bits per heavy atom. The average molecular weight is 295 g/mol. The molecule has 0 aliphatic carbocycles. The van der Waals surface area contributed by atoms with Crippen molar-refractivity contribution in [1.29, 1.82) is 0 Å². The number of amides is 1. The Balaban J connectivity index is 2.41. The topological polar surface area (TPSA) is 75.6 Å². The highest BCUT2D eigenvalue weighted by Gasteiger charge is 2.02. The molecule has 0 spiro atoms. The van der Waals surface area contributed by atoms with Gasteiger partial charge in [0, 0.05) is 24.6 Å². The molecule has 20 heavy (non-hydrogen) atoms. The van der Waals surface area contributed by atoms with Crippen molar-refractivity contribution in [3.8, 4) is 0 Å². The van der Waals surface area contributed by atoms with E-state index in [9.17, 15) is 9.59 Å². The summed E-state index contributed by atoms with van der Waals surface area (Å²) in [5, 5.41) is 11.3. The van der Waals surface area contributed by atoms with E-state index in [0.29, 0.717) is 18.0 Å². The second-order valence-electron chi connectivity index (χ2n) is 3.89. The highest BCUT2D eigenvalue weighted by Crippen LogP contribution is 2.11. The lowest BCUT2D eigenvalue weighted by molar-refractivity contribution is -0.131. The Bertz CT molecular complexity index is 471. The Morgan fingerprint density at radius 2 is 2.05 bits per heavy atom. The minimum atomic E-state index is -0.990. The summed E-state index contributed by atoms with van der Waals surface area (Å²) in [7, 11) is 1.63. The van der Waals surface area contributed by atoms with Crippen molar-refractivity contribution in [3.63, 3.8) is 0 Å². The van der Waals surface area contributed by atoms with Crippen LogP contribution in [0.1, 0.15) is 5.56 Å². The standard InChI is InChI=1S/C14H17NO4S/c1-19-8-9-20-10-13(16)15-12-5-2-11(3-6-12)4-7-14(17)18/h2-7H,8-10H2,1H3,(H,15,16)(H,17,18)/b7-4+. The summed E-state index contributed by atoms with van der Waals surface area (Å²) in [6.07, 6.45) is 2.56.